The van der Waals surface area contributed by atoms with Gasteiger partial charge in [-0.2, -0.15) is 0 Å². The van der Waals surface area contributed by atoms with Crippen molar-refractivity contribution in [3.8, 4) is 0 Å². The molecule has 0 bridgehead atoms. The van der Waals surface area contributed by atoms with Crippen molar-refractivity contribution in [3.63, 3.8) is 0 Å². The van der Waals surface area contributed by atoms with Crippen molar-refractivity contribution in [1.29, 1.82) is 0 Å². The Kier molecular flexibility index (Phi) is 7.08. The smallest absolute Gasteiger partial charge is 0.0988 e. The highest BCUT2D eigenvalue weighted by atomic mass is 32.1. The Morgan fingerprint density at radius 3 is 2.75 bits per heavy atom. The lowest BCUT2D eigenvalue weighted by Crippen LogP contribution is -2.54. The molecule has 1 aliphatic heterocycles. The van der Waals surface area contributed by atoms with Crippen LogP contribution in [0.25, 0.3) is 0 Å². The van der Waals surface area contributed by atoms with Gasteiger partial charge in [0.2, 0.25) is 0 Å². The first-order valence-electron chi connectivity index (χ1n) is 12.7. The minimum atomic E-state index is -0.179. The van der Waals surface area contributed by atoms with E-state index in [9.17, 15) is 5.11 Å². The van der Waals surface area contributed by atoms with E-state index in [0.717, 1.165) is 25.7 Å². The summed E-state index contributed by atoms with van der Waals surface area (Å²) in [6, 6.07) is 4.38. The summed E-state index contributed by atoms with van der Waals surface area (Å²) in [6.07, 6.45) is 16.3. The van der Waals surface area contributed by atoms with Gasteiger partial charge >= 0.3 is 0 Å². The predicted molar refractivity (Wildman–Crippen MR) is 136 cm³/mol. The van der Waals surface area contributed by atoms with E-state index in [1.807, 2.05) is 11.3 Å². The Bertz CT molecular complexity index is 871. The lowest BCUT2D eigenvalue weighted by molar-refractivity contribution is -0.177. The number of ether oxygens (including phenoxy) is 1. The topological polar surface area (TPSA) is 29.5 Å². The van der Waals surface area contributed by atoms with E-state index in [-0.39, 0.29) is 23.0 Å². The quantitative estimate of drug-likeness (QED) is 0.315. The van der Waals surface area contributed by atoms with E-state index in [1.54, 1.807) is 0 Å². The number of thiophene rings is 1. The van der Waals surface area contributed by atoms with E-state index < -0.39 is 0 Å². The van der Waals surface area contributed by atoms with Crippen molar-refractivity contribution in [3.05, 3.63) is 57.5 Å². The maximum atomic E-state index is 11.3. The van der Waals surface area contributed by atoms with Crippen molar-refractivity contribution in [2.75, 3.05) is 0 Å². The van der Waals surface area contributed by atoms with Gasteiger partial charge in [0.25, 0.3) is 0 Å². The number of rotatable bonds is 8. The summed E-state index contributed by atoms with van der Waals surface area (Å²) in [5, 5.41) is 13.5. The first kappa shape index (κ1) is 23.8. The predicted octanol–water partition coefficient (Wildman–Crippen LogP) is 8.42. The first-order chi connectivity index (χ1) is 15.2. The van der Waals surface area contributed by atoms with Crippen LogP contribution in [-0.4, -0.2) is 16.8 Å². The fourth-order valence-electron chi connectivity index (χ4n) is 6.27. The molecule has 1 aromatic rings. The summed E-state index contributed by atoms with van der Waals surface area (Å²) < 4.78 is 6.72. The molecular weight excluding hydrogens is 412 g/mol. The summed E-state index contributed by atoms with van der Waals surface area (Å²) in [6.45, 7) is 11.4. The molecule has 2 aliphatic carbocycles. The molecule has 2 heterocycles. The van der Waals surface area contributed by atoms with Crippen molar-refractivity contribution in [2.24, 2.45) is 23.2 Å². The van der Waals surface area contributed by atoms with Crippen LogP contribution in [0.3, 0.4) is 0 Å². The summed E-state index contributed by atoms with van der Waals surface area (Å²) in [5.74, 6) is 1.52. The van der Waals surface area contributed by atoms with Crippen molar-refractivity contribution in [2.45, 2.75) is 97.7 Å². The zero-order valence-corrected chi connectivity index (χ0v) is 21.5. The summed E-state index contributed by atoms with van der Waals surface area (Å²) >= 11 is 1.85. The molecule has 2 nitrogen and oxygen atoms in total. The second-order valence-electron chi connectivity index (χ2n) is 11.4. The van der Waals surface area contributed by atoms with Gasteiger partial charge in [0, 0.05) is 17.2 Å². The van der Waals surface area contributed by atoms with Gasteiger partial charge in [-0.05, 0) is 73.5 Å². The van der Waals surface area contributed by atoms with Gasteiger partial charge in [0.1, 0.15) is 0 Å². The molecule has 3 heteroatoms. The van der Waals surface area contributed by atoms with Crippen LogP contribution in [0.4, 0.5) is 0 Å². The number of aliphatic hydroxyl groups excluding tert-OH is 1. The summed E-state index contributed by atoms with van der Waals surface area (Å²) in [4.78, 5) is 1.44. The van der Waals surface area contributed by atoms with Crippen LogP contribution in [0.15, 0.2) is 52.6 Å². The van der Waals surface area contributed by atoms with E-state index in [4.69, 9.17) is 4.74 Å². The van der Waals surface area contributed by atoms with Crippen LogP contribution in [0, 0.1) is 23.2 Å². The molecule has 0 aromatic carbocycles. The van der Waals surface area contributed by atoms with Crippen LogP contribution in [0.1, 0.15) is 84.4 Å². The molecule has 0 amide bonds. The Balaban J connectivity index is 1.54. The second kappa shape index (κ2) is 9.50. The number of hydrogen-bond acceptors (Lipinski definition) is 3. The lowest BCUT2D eigenvalue weighted by atomic mass is 9.61. The highest BCUT2D eigenvalue weighted by Gasteiger charge is 2.52. The van der Waals surface area contributed by atoms with Crippen molar-refractivity contribution in [1.82, 2.24) is 0 Å². The molecular formula is C29H42O2S. The third-order valence-electron chi connectivity index (χ3n) is 8.23. The van der Waals surface area contributed by atoms with E-state index in [0.29, 0.717) is 17.6 Å². The zero-order valence-electron chi connectivity index (χ0n) is 20.7. The fraction of sp³-hybridized carbons (Fsp3) is 0.655. The van der Waals surface area contributed by atoms with E-state index >= 15 is 0 Å². The Morgan fingerprint density at radius 1 is 1.22 bits per heavy atom. The average Bonchev–Trinajstić information content (AvgIpc) is 3.23. The number of aliphatic hydroxyl groups is 1. The molecule has 1 saturated heterocycles. The molecule has 0 spiro atoms. The third-order valence-corrected chi connectivity index (χ3v) is 9.11. The van der Waals surface area contributed by atoms with E-state index in [2.05, 4.69) is 70.4 Å². The van der Waals surface area contributed by atoms with Crippen LogP contribution in [-0.2, 0) is 11.2 Å². The normalized spacial score (nSPS) is 29.5. The van der Waals surface area contributed by atoms with Gasteiger partial charge in [-0.15, -0.1) is 11.3 Å². The lowest BCUT2D eigenvalue weighted by Gasteiger charge is -2.53. The standard InChI is InChI=1S/C29H42O2S/c1-6-7-8-9-14-28(2,3)21-18-25(30)27-23-17-20(16-22-11-10-15-32-22)12-13-24(23)29(4,5)31-26(27)19-21/h10-12,15,18-19,23-24,26-27,30H,6-9,13-14,16-17H2,1-5H3/t23?,24?,26?,27-/m1/s1. The number of fused-ring (bicyclic) bond motifs is 3. The van der Waals surface area contributed by atoms with E-state index in [1.165, 1.54) is 41.7 Å². The number of hydrogen-bond donors (Lipinski definition) is 1. The summed E-state index contributed by atoms with van der Waals surface area (Å²) in [5.41, 5.74) is 2.67. The van der Waals surface area contributed by atoms with Crippen LogP contribution >= 0.6 is 11.3 Å². The molecule has 4 rings (SSSR count). The molecule has 1 aromatic heterocycles. The zero-order chi connectivity index (χ0) is 22.9. The molecule has 176 valence electrons. The highest BCUT2D eigenvalue weighted by molar-refractivity contribution is 7.09. The molecule has 32 heavy (non-hydrogen) atoms. The fourth-order valence-corrected chi connectivity index (χ4v) is 7.03. The molecule has 3 aliphatic rings. The monoisotopic (exact) mass is 454 g/mol. The van der Waals surface area contributed by atoms with Gasteiger partial charge in [-0.25, -0.2) is 0 Å². The van der Waals surface area contributed by atoms with Gasteiger partial charge in [-0.1, -0.05) is 70.2 Å². The van der Waals surface area contributed by atoms with Gasteiger partial charge in [-0.3, -0.25) is 0 Å². The Labute approximate surface area is 199 Å². The molecule has 3 unspecified atom stereocenters. The minimum Gasteiger partial charge on any atom is -0.512 e. The number of unbranched alkanes of at least 4 members (excludes halogenated alkanes) is 3. The van der Waals surface area contributed by atoms with Gasteiger partial charge < -0.3 is 9.84 Å². The molecule has 0 radical (unpaired) electrons. The average molecular weight is 455 g/mol. The molecule has 1 fully saturated rings. The van der Waals surface area contributed by atoms with Crippen LogP contribution in [0.5, 0.6) is 0 Å². The number of allylic oxidation sites excluding steroid dienone is 4. The van der Waals surface area contributed by atoms with Crippen LogP contribution in [0.2, 0.25) is 0 Å². The summed E-state index contributed by atoms with van der Waals surface area (Å²) in [7, 11) is 0. The van der Waals surface area contributed by atoms with Gasteiger partial charge in [0.05, 0.1) is 17.5 Å². The maximum absolute atomic E-state index is 11.3. The van der Waals surface area contributed by atoms with Crippen LogP contribution < -0.4 is 0 Å². The second-order valence-corrected chi connectivity index (χ2v) is 12.5. The minimum absolute atomic E-state index is 0.0257. The Morgan fingerprint density at radius 2 is 2.03 bits per heavy atom. The Hall–Kier alpha value is -1.32. The third kappa shape index (κ3) is 4.94. The molecule has 1 N–H and O–H groups in total. The molecule has 4 atom stereocenters. The SMILES string of the molecule is CCCCCCC(C)(C)C1=CC2OC(C)(C)C3CC=C(Cc4cccs4)CC3[C@@H]2C(O)=C1. The highest BCUT2D eigenvalue weighted by Crippen LogP contribution is 2.53. The maximum Gasteiger partial charge on any atom is 0.0988 e. The van der Waals surface area contributed by atoms with Crippen molar-refractivity contribution < 1.29 is 9.84 Å². The van der Waals surface area contributed by atoms with Gasteiger partial charge in [0.15, 0.2) is 0 Å². The molecule has 0 saturated carbocycles. The van der Waals surface area contributed by atoms with Crippen molar-refractivity contribution >= 4 is 11.3 Å². The largest absolute Gasteiger partial charge is 0.512 e. The first-order valence-corrected chi connectivity index (χ1v) is 13.6.